The van der Waals surface area contributed by atoms with Gasteiger partial charge in [-0.1, -0.05) is 13.3 Å². The van der Waals surface area contributed by atoms with E-state index in [1.54, 1.807) is 12.1 Å². The normalized spacial score (nSPS) is 20.4. The Kier molecular flexibility index (Phi) is 3.29. The Morgan fingerprint density at radius 2 is 2.44 bits per heavy atom. The fourth-order valence-corrected chi connectivity index (χ4v) is 2.11. The molecule has 1 saturated heterocycles. The van der Waals surface area contributed by atoms with Crippen LogP contribution in [0.3, 0.4) is 0 Å². The van der Waals surface area contributed by atoms with E-state index in [1.807, 2.05) is 4.90 Å². The summed E-state index contributed by atoms with van der Waals surface area (Å²) >= 11 is 0. The molecule has 0 bridgehead atoms. The number of hydrogen-bond acceptors (Lipinski definition) is 3. The minimum Gasteiger partial charge on any atom is -0.455 e. The molecule has 0 spiro atoms. The number of carbonyl (C=O) groups excluding carboxylic acids is 1. The fraction of sp³-hybridized carbons (Fsp3) is 0.583. The predicted molar refractivity (Wildman–Crippen MR) is 60.9 cm³/mol. The number of nitrogens with zero attached hydrogens (tertiary/aromatic N) is 1. The molecule has 4 heteroatoms. The lowest BCUT2D eigenvalue weighted by Gasteiger charge is -2.14. The third-order valence-electron chi connectivity index (χ3n) is 3.22. The lowest BCUT2D eigenvalue weighted by molar-refractivity contribution is 0.0753. The summed E-state index contributed by atoms with van der Waals surface area (Å²) in [5.41, 5.74) is 5.44. The lowest BCUT2D eigenvalue weighted by atomic mass is 10.1. The van der Waals surface area contributed by atoms with Crippen molar-refractivity contribution in [1.82, 2.24) is 4.90 Å². The first-order valence-corrected chi connectivity index (χ1v) is 5.82. The average molecular weight is 222 g/mol. The largest absolute Gasteiger partial charge is 0.455 e. The zero-order chi connectivity index (χ0) is 11.5. The monoisotopic (exact) mass is 222 g/mol. The molecule has 2 rings (SSSR count). The van der Waals surface area contributed by atoms with Gasteiger partial charge >= 0.3 is 0 Å². The van der Waals surface area contributed by atoms with Crippen LogP contribution in [0, 0.1) is 5.92 Å². The second-order valence-corrected chi connectivity index (χ2v) is 4.28. The molecule has 1 aliphatic rings. The maximum Gasteiger partial charge on any atom is 0.289 e. The molecule has 88 valence electrons. The van der Waals surface area contributed by atoms with Crippen molar-refractivity contribution in [2.75, 3.05) is 13.1 Å². The van der Waals surface area contributed by atoms with Gasteiger partial charge in [-0.05, 0) is 24.5 Å². The Hall–Kier alpha value is -1.29. The number of carbonyl (C=O) groups is 1. The summed E-state index contributed by atoms with van der Waals surface area (Å²) in [6.45, 7) is 4.20. The quantitative estimate of drug-likeness (QED) is 0.845. The number of rotatable bonds is 3. The van der Waals surface area contributed by atoms with Gasteiger partial charge < -0.3 is 15.1 Å². The second kappa shape index (κ2) is 4.70. The molecule has 1 fully saturated rings. The first kappa shape index (κ1) is 11.2. The Labute approximate surface area is 95.4 Å². The van der Waals surface area contributed by atoms with Gasteiger partial charge in [0.1, 0.15) is 5.76 Å². The molecule has 1 atom stereocenters. The highest BCUT2D eigenvalue weighted by atomic mass is 16.4. The summed E-state index contributed by atoms with van der Waals surface area (Å²) in [6.07, 6.45) is 2.24. The molecule has 0 saturated carbocycles. The van der Waals surface area contributed by atoms with Crippen LogP contribution in [0.15, 0.2) is 16.5 Å². The summed E-state index contributed by atoms with van der Waals surface area (Å²) in [4.78, 5) is 13.9. The van der Waals surface area contributed by atoms with Gasteiger partial charge in [0.15, 0.2) is 5.76 Å². The van der Waals surface area contributed by atoms with E-state index in [9.17, 15) is 4.79 Å². The Balaban J connectivity index is 2.02. The molecule has 4 nitrogen and oxygen atoms in total. The Morgan fingerprint density at radius 1 is 1.62 bits per heavy atom. The third-order valence-corrected chi connectivity index (χ3v) is 3.22. The van der Waals surface area contributed by atoms with Crippen molar-refractivity contribution in [2.24, 2.45) is 11.7 Å². The van der Waals surface area contributed by atoms with Crippen molar-refractivity contribution in [2.45, 2.75) is 26.3 Å². The maximum atomic E-state index is 12.0. The molecule has 1 aliphatic heterocycles. The molecular weight excluding hydrogens is 204 g/mol. The molecule has 2 N–H and O–H groups in total. The Morgan fingerprint density at radius 3 is 3.00 bits per heavy atom. The number of amides is 1. The summed E-state index contributed by atoms with van der Waals surface area (Å²) in [7, 11) is 0. The van der Waals surface area contributed by atoms with E-state index < -0.39 is 0 Å². The van der Waals surface area contributed by atoms with Crippen LogP contribution in [-0.4, -0.2) is 23.9 Å². The minimum absolute atomic E-state index is 0.00403. The van der Waals surface area contributed by atoms with Crippen LogP contribution < -0.4 is 5.73 Å². The SMILES string of the molecule is CCC1CCN(C(=O)c2ccc(CN)o2)C1. The molecule has 0 aliphatic carbocycles. The fourth-order valence-electron chi connectivity index (χ4n) is 2.11. The number of hydrogen-bond donors (Lipinski definition) is 1. The van der Waals surface area contributed by atoms with E-state index in [4.69, 9.17) is 10.2 Å². The van der Waals surface area contributed by atoms with Crippen molar-refractivity contribution in [3.63, 3.8) is 0 Å². The first-order valence-electron chi connectivity index (χ1n) is 5.82. The highest BCUT2D eigenvalue weighted by Gasteiger charge is 2.27. The summed E-state index contributed by atoms with van der Waals surface area (Å²) in [6, 6.07) is 3.48. The standard InChI is InChI=1S/C12H18N2O2/c1-2-9-5-6-14(8-9)12(15)11-4-3-10(7-13)16-11/h3-4,9H,2,5-8,13H2,1H3. The molecule has 0 radical (unpaired) electrons. The van der Waals surface area contributed by atoms with Crippen LogP contribution in [0.4, 0.5) is 0 Å². The van der Waals surface area contributed by atoms with Crippen LogP contribution in [0.25, 0.3) is 0 Å². The zero-order valence-electron chi connectivity index (χ0n) is 9.61. The maximum absolute atomic E-state index is 12.0. The smallest absolute Gasteiger partial charge is 0.289 e. The number of nitrogens with two attached hydrogens (primary N) is 1. The molecule has 16 heavy (non-hydrogen) atoms. The molecule has 1 amide bonds. The minimum atomic E-state index is -0.00403. The molecule has 1 aromatic heterocycles. The van der Waals surface area contributed by atoms with Crippen LogP contribution in [0.5, 0.6) is 0 Å². The van der Waals surface area contributed by atoms with Gasteiger partial charge in [-0.15, -0.1) is 0 Å². The van der Waals surface area contributed by atoms with Crippen molar-refractivity contribution in [3.05, 3.63) is 23.7 Å². The predicted octanol–water partition coefficient (Wildman–Crippen LogP) is 1.61. The summed E-state index contributed by atoms with van der Waals surface area (Å²) < 4.78 is 5.36. The van der Waals surface area contributed by atoms with Crippen LogP contribution >= 0.6 is 0 Å². The van der Waals surface area contributed by atoms with Crippen molar-refractivity contribution in [3.8, 4) is 0 Å². The first-order chi connectivity index (χ1) is 7.74. The highest BCUT2D eigenvalue weighted by molar-refractivity contribution is 5.91. The van der Waals surface area contributed by atoms with Gasteiger partial charge in [0.05, 0.1) is 6.54 Å². The Bertz CT molecular complexity index is 373. The molecule has 1 unspecified atom stereocenters. The van der Waals surface area contributed by atoms with E-state index in [0.717, 1.165) is 25.9 Å². The van der Waals surface area contributed by atoms with Crippen LogP contribution in [-0.2, 0) is 6.54 Å². The zero-order valence-corrected chi connectivity index (χ0v) is 9.61. The molecule has 2 heterocycles. The van der Waals surface area contributed by atoms with Gasteiger partial charge in [0, 0.05) is 13.1 Å². The molecule has 0 aromatic carbocycles. The average Bonchev–Trinajstić information content (AvgIpc) is 2.97. The van der Waals surface area contributed by atoms with Crippen molar-refractivity contribution < 1.29 is 9.21 Å². The van der Waals surface area contributed by atoms with E-state index in [0.29, 0.717) is 24.0 Å². The lowest BCUT2D eigenvalue weighted by Crippen LogP contribution is -2.28. The van der Waals surface area contributed by atoms with Gasteiger partial charge in [-0.3, -0.25) is 4.79 Å². The molecule has 1 aromatic rings. The van der Waals surface area contributed by atoms with Crippen molar-refractivity contribution >= 4 is 5.91 Å². The third kappa shape index (κ3) is 2.11. The number of furan rings is 1. The second-order valence-electron chi connectivity index (χ2n) is 4.28. The topological polar surface area (TPSA) is 59.5 Å². The highest BCUT2D eigenvalue weighted by Crippen LogP contribution is 2.21. The molecular formula is C12H18N2O2. The summed E-state index contributed by atoms with van der Waals surface area (Å²) in [5.74, 6) is 1.72. The summed E-state index contributed by atoms with van der Waals surface area (Å²) in [5, 5.41) is 0. The van der Waals surface area contributed by atoms with E-state index in [-0.39, 0.29) is 5.91 Å². The van der Waals surface area contributed by atoms with E-state index in [1.165, 1.54) is 0 Å². The number of likely N-dealkylation sites (tertiary alicyclic amines) is 1. The van der Waals surface area contributed by atoms with Gasteiger partial charge in [-0.25, -0.2) is 0 Å². The van der Waals surface area contributed by atoms with Crippen LogP contribution in [0.1, 0.15) is 36.1 Å². The van der Waals surface area contributed by atoms with E-state index >= 15 is 0 Å². The van der Waals surface area contributed by atoms with Gasteiger partial charge in [0.25, 0.3) is 5.91 Å². The van der Waals surface area contributed by atoms with Gasteiger partial charge in [-0.2, -0.15) is 0 Å². The van der Waals surface area contributed by atoms with Gasteiger partial charge in [0.2, 0.25) is 0 Å². The van der Waals surface area contributed by atoms with Crippen molar-refractivity contribution in [1.29, 1.82) is 0 Å². The van der Waals surface area contributed by atoms with Crippen LogP contribution in [0.2, 0.25) is 0 Å². The van der Waals surface area contributed by atoms with E-state index in [2.05, 4.69) is 6.92 Å².